The minimum atomic E-state index is 0.614. The van der Waals surface area contributed by atoms with Crippen molar-refractivity contribution >= 4 is 0 Å². The molecule has 0 aliphatic carbocycles. The molecule has 1 aliphatic heterocycles. The molecule has 1 aromatic heterocycles. The molecule has 0 amide bonds. The van der Waals surface area contributed by atoms with Gasteiger partial charge in [0.15, 0.2) is 0 Å². The first-order valence-corrected chi connectivity index (χ1v) is 5.67. The summed E-state index contributed by atoms with van der Waals surface area (Å²) in [6, 6.07) is 9.78. The second kappa shape index (κ2) is 4.09. The fraction of sp³-hybridized carbons (Fsp3) is 0.214. The highest BCUT2D eigenvalue weighted by Crippen LogP contribution is 2.31. The van der Waals surface area contributed by atoms with Crippen molar-refractivity contribution in [1.29, 1.82) is 0 Å². The number of rotatable bonds is 2. The van der Waals surface area contributed by atoms with Crippen LogP contribution in [0.3, 0.4) is 0 Å². The molecule has 86 valence electrons. The van der Waals surface area contributed by atoms with E-state index in [1.165, 1.54) is 5.56 Å². The number of aromatic nitrogens is 1. The summed E-state index contributed by atoms with van der Waals surface area (Å²) < 4.78 is 11.2. The summed E-state index contributed by atoms with van der Waals surface area (Å²) in [7, 11) is 0. The molecule has 3 heteroatoms. The maximum Gasteiger partial charge on any atom is 0.219 e. The summed E-state index contributed by atoms with van der Waals surface area (Å²) in [5.74, 6) is 2.31. The van der Waals surface area contributed by atoms with E-state index < -0.39 is 0 Å². The SMILES string of the molecule is Cc1ccnc(Oc2ccc3c(c2)OCC3)c1. The van der Waals surface area contributed by atoms with Crippen molar-refractivity contribution < 1.29 is 9.47 Å². The minimum Gasteiger partial charge on any atom is -0.493 e. The number of hydrogen-bond acceptors (Lipinski definition) is 3. The zero-order chi connectivity index (χ0) is 11.7. The fourth-order valence-corrected chi connectivity index (χ4v) is 1.90. The number of ether oxygens (including phenoxy) is 2. The summed E-state index contributed by atoms with van der Waals surface area (Å²) in [4.78, 5) is 4.17. The van der Waals surface area contributed by atoms with Crippen LogP contribution in [-0.2, 0) is 6.42 Å². The summed E-state index contributed by atoms with van der Waals surface area (Å²) >= 11 is 0. The van der Waals surface area contributed by atoms with Crippen molar-refractivity contribution in [3.05, 3.63) is 47.7 Å². The minimum absolute atomic E-state index is 0.614. The van der Waals surface area contributed by atoms with Crippen LogP contribution in [0.5, 0.6) is 17.4 Å². The van der Waals surface area contributed by atoms with E-state index in [1.54, 1.807) is 6.20 Å². The average Bonchev–Trinajstić information content (AvgIpc) is 2.76. The van der Waals surface area contributed by atoms with Crippen LogP contribution in [0.4, 0.5) is 0 Å². The molecule has 2 aromatic rings. The molecule has 0 saturated carbocycles. The van der Waals surface area contributed by atoms with Gasteiger partial charge in [0.25, 0.3) is 0 Å². The van der Waals surface area contributed by atoms with Crippen LogP contribution in [0, 0.1) is 6.92 Å². The van der Waals surface area contributed by atoms with Crippen LogP contribution >= 0.6 is 0 Å². The molecule has 0 fully saturated rings. The molecule has 0 radical (unpaired) electrons. The van der Waals surface area contributed by atoms with Crippen LogP contribution in [0.2, 0.25) is 0 Å². The van der Waals surface area contributed by atoms with Crippen molar-refractivity contribution in [2.75, 3.05) is 6.61 Å². The number of hydrogen-bond donors (Lipinski definition) is 0. The molecule has 0 bridgehead atoms. The molecule has 3 nitrogen and oxygen atoms in total. The van der Waals surface area contributed by atoms with Crippen LogP contribution in [0.25, 0.3) is 0 Å². The van der Waals surface area contributed by atoms with Crippen LogP contribution in [0.15, 0.2) is 36.5 Å². The first-order chi connectivity index (χ1) is 8.31. The smallest absolute Gasteiger partial charge is 0.219 e. The van der Waals surface area contributed by atoms with Crippen molar-refractivity contribution in [3.8, 4) is 17.4 Å². The van der Waals surface area contributed by atoms with Gasteiger partial charge < -0.3 is 9.47 Å². The van der Waals surface area contributed by atoms with Crippen molar-refractivity contribution in [3.63, 3.8) is 0 Å². The quantitative estimate of drug-likeness (QED) is 0.789. The molecule has 2 heterocycles. The van der Waals surface area contributed by atoms with E-state index in [9.17, 15) is 0 Å². The van der Waals surface area contributed by atoms with Gasteiger partial charge in [0.2, 0.25) is 5.88 Å². The largest absolute Gasteiger partial charge is 0.493 e. The Morgan fingerprint density at radius 2 is 2.18 bits per heavy atom. The third-order valence-corrected chi connectivity index (χ3v) is 2.78. The van der Waals surface area contributed by atoms with Crippen LogP contribution < -0.4 is 9.47 Å². The highest BCUT2D eigenvalue weighted by molar-refractivity contribution is 5.43. The summed E-state index contributed by atoms with van der Waals surface area (Å²) in [5.41, 5.74) is 2.38. The van der Waals surface area contributed by atoms with Gasteiger partial charge in [-0.1, -0.05) is 6.07 Å². The van der Waals surface area contributed by atoms with Gasteiger partial charge in [-0.05, 0) is 30.2 Å². The molecule has 0 unspecified atom stereocenters. The molecule has 3 rings (SSSR count). The third kappa shape index (κ3) is 2.09. The number of fused-ring (bicyclic) bond motifs is 1. The molecule has 1 aromatic carbocycles. The Bertz CT molecular complexity index is 552. The first kappa shape index (κ1) is 10.1. The van der Waals surface area contributed by atoms with E-state index in [1.807, 2.05) is 37.3 Å². The lowest BCUT2D eigenvalue weighted by Crippen LogP contribution is -1.89. The molecular weight excluding hydrogens is 214 g/mol. The summed E-state index contributed by atoms with van der Waals surface area (Å²) in [6.45, 7) is 2.78. The average molecular weight is 227 g/mol. The van der Waals surface area contributed by atoms with E-state index >= 15 is 0 Å². The van der Waals surface area contributed by atoms with Crippen LogP contribution in [0.1, 0.15) is 11.1 Å². The number of nitrogens with zero attached hydrogens (tertiary/aromatic N) is 1. The monoisotopic (exact) mass is 227 g/mol. The Morgan fingerprint density at radius 1 is 1.24 bits per heavy atom. The summed E-state index contributed by atoms with van der Waals surface area (Å²) in [5, 5.41) is 0. The number of pyridine rings is 1. The van der Waals surface area contributed by atoms with E-state index in [0.717, 1.165) is 30.1 Å². The zero-order valence-electron chi connectivity index (χ0n) is 9.64. The Kier molecular flexibility index (Phi) is 2.44. The summed E-state index contributed by atoms with van der Waals surface area (Å²) in [6.07, 6.45) is 2.73. The Labute approximate surface area is 100 Å². The van der Waals surface area contributed by atoms with E-state index in [-0.39, 0.29) is 0 Å². The van der Waals surface area contributed by atoms with Crippen LogP contribution in [-0.4, -0.2) is 11.6 Å². The highest BCUT2D eigenvalue weighted by Gasteiger charge is 2.12. The Balaban J connectivity index is 1.86. The second-order valence-corrected chi connectivity index (χ2v) is 4.14. The lowest BCUT2D eigenvalue weighted by atomic mass is 10.2. The molecule has 1 aliphatic rings. The third-order valence-electron chi connectivity index (χ3n) is 2.78. The van der Waals surface area contributed by atoms with E-state index in [2.05, 4.69) is 4.98 Å². The van der Waals surface area contributed by atoms with Gasteiger partial charge >= 0.3 is 0 Å². The van der Waals surface area contributed by atoms with Gasteiger partial charge in [0.05, 0.1) is 6.61 Å². The maximum absolute atomic E-state index is 5.69. The topological polar surface area (TPSA) is 31.4 Å². The first-order valence-electron chi connectivity index (χ1n) is 5.67. The van der Waals surface area contributed by atoms with Gasteiger partial charge in [-0.25, -0.2) is 4.98 Å². The molecule has 0 atom stereocenters. The molecule has 0 spiro atoms. The van der Waals surface area contributed by atoms with Crippen molar-refractivity contribution in [2.24, 2.45) is 0 Å². The molecule has 0 N–H and O–H groups in total. The predicted octanol–water partition coefficient (Wildman–Crippen LogP) is 3.12. The second-order valence-electron chi connectivity index (χ2n) is 4.14. The lowest BCUT2D eigenvalue weighted by Gasteiger charge is -2.06. The van der Waals surface area contributed by atoms with Crippen molar-refractivity contribution in [1.82, 2.24) is 4.98 Å². The molecular formula is C14H13NO2. The van der Waals surface area contributed by atoms with Gasteiger partial charge in [-0.3, -0.25) is 0 Å². The number of aryl methyl sites for hydroxylation is 1. The molecule has 0 saturated heterocycles. The van der Waals surface area contributed by atoms with Gasteiger partial charge in [-0.2, -0.15) is 0 Å². The highest BCUT2D eigenvalue weighted by atomic mass is 16.5. The standard InChI is InChI=1S/C14H13NO2/c1-10-4-6-15-14(8-10)17-12-3-2-11-5-7-16-13(11)9-12/h2-4,6,8-9H,5,7H2,1H3. The fourth-order valence-electron chi connectivity index (χ4n) is 1.90. The van der Waals surface area contributed by atoms with Gasteiger partial charge in [0.1, 0.15) is 11.5 Å². The number of benzene rings is 1. The Hall–Kier alpha value is -2.03. The van der Waals surface area contributed by atoms with E-state index in [0.29, 0.717) is 5.88 Å². The van der Waals surface area contributed by atoms with E-state index in [4.69, 9.17) is 9.47 Å². The predicted molar refractivity (Wildman–Crippen MR) is 64.7 cm³/mol. The molecule has 17 heavy (non-hydrogen) atoms. The lowest BCUT2D eigenvalue weighted by molar-refractivity contribution is 0.354. The van der Waals surface area contributed by atoms with Gasteiger partial charge in [-0.15, -0.1) is 0 Å². The maximum atomic E-state index is 5.69. The normalized spacial score (nSPS) is 13.0. The van der Waals surface area contributed by atoms with Gasteiger partial charge in [0, 0.05) is 24.8 Å². The van der Waals surface area contributed by atoms with Crippen molar-refractivity contribution in [2.45, 2.75) is 13.3 Å². The zero-order valence-corrected chi connectivity index (χ0v) is 9.64. The Morgan fingerprint density at radius 3 is 3.06 bits per heavy atom.